The van der Waals surface area contributed by atoms with Gasteiger partial charge in [0.05, 0.1) is 11.9 Å². The summed E-state index contributed by atoms with van der Waals surface area (Å²) >= 11 is 6.47. The third-order valence-electron chi connectivity index (χ3n) is 6.50. The van der Waals surface area contributed by atoms with Gasteiger partial charge >= 0.3 is 5.97 Å². The molecule has 0 atom stereocenters. The predicted octanol–water partition coefficient (Wildman–Crippen LogP) is 3.74. The molecule has 34 heavy (non-hydrogen) atoms. The van der Waals surface area contributed by atoms with Crippen LogP contribution in [0.5, 0.6) is 0 Å². The van der Waals surface area contributed by atoms with Crippen LogP contribution in [0.1, 0.15) is 33.6 Å². The second kappa shape index (κ2) is 7.46. The average molecular weight is 475 g/mol. The molecule has 0 bridgehead atoms. The number of aromatic nitrogens is 5. The topological polar surface area (TPSA) is 143 Å². The smallest absolute Gasteiger partial charge is 0.353 e. The number of carboxylic acids is 1. The molecule has 0 saturated carbocycles. The van der Waals surface area contributed by atoms with Crippen LogP contribution in [0.15, 0.2) is 41.3 Å². The van der Waals surface area contributed by atoms with E-state index in [1.165, 1.54) is 17.3 Å². The number of anilines is 1. The molecule has 0 saturated heterocycles. The van der Waals surface area contributed by atoms with Gasteiger partial charge in [-0.1, -0.05) is 11.6 Å². The van der Waals surface area contributed by atoms with E-state index in [-0.39, 0.29) is 23.0 Å². The molecular formula is C24H19ClN6O3. The van der Waals surface area contributed by atoms with Crippen molar-refractivity contribution in [3.8, 4) is 11.1 Å². The third-order valence-corrected chi connectivity index (χ3v) is 6.82. The Balaban J connectivity index is 1.67. The number of hydrogen-bond donors (Lipinski definition) is 4. The molecule has 0 fully saturated rings. The maximum atomic E-state index is 12.7. The van der Waals surface area contributed by atoms with Crippen LogP contribution < -0.4 is 11.3 Å². The molecule has 170 valence electrons. The second-order valence-electron chi connectivity index (χ2n) is 8.47. The lowest BCUT2D eigenvalue weighted by atomic mass is 10.00. The van der Waals surface area contributed by atoms with Crippen molar-refractivity contribution < 1.29 is 9.90 Å². The molecule has 0 unspecified atom stereocenters. The Morgan fingerprint density at radius 3 is 2.76 bits per heavy atom. The molecule has 4 aromatic heterocycles. The van der Waals surface area contributed by atoms with Crippen LogP contribution in [-0.2, 0) is 19.4 Å². The van der Waals surface area contributed by atoms with Crippen molar-refractivity contribution in [2.45, 2.75) is 25.8 Å². The first-order valence-electron chi connectivity index (χ1n) is 10.8. The molecule has 0 aliphatic heterocycles. The zero-order valence-electron chi connectivity index (χ0n) is 17.9. The van der Waals surface area contributed by atoms with E-state index >= 15 is 0 Å². The Bertz CT molecular complexity index is 1700. The van der Waals surface area contributed by atoms with Crippen molar-refractivity contribution in [2.24, 2.45) is 0 Å². The normalized spacial score (nSPS) is 13.1. The summed E-state index contributed by atoms with van der Waals surface area (Å²) < 4.78 is 1.70. The Kier molecular flexibility index (Phi) is 4.50. The molecule has 10 heteroatoms. The summed E-state index contributed by atoms with van der Waals surface area (Å²) in [7, 11) is 0. The van der Waals surface area contributed by atoms with Crippen molar-refractivity contribution in [1.82, 2.24) is 24.7 Å². The summed E-state index contributed by atoms with van der Waals surface area (Å²) in [6.45, 7) is 0.133. The number of benzene rings is 1. The molecule has 5 N–H and O–H groups in total. The molecular weight excluding hydrogens is 456 g/mol. The van der Waals surface area contributed by atoms with E-state index < -0.39 is 5.97 Å². The van der Waals surface area contributed by atoms with Gasteiger partial charge in [0.1, 0.15) is 16.7 Å². The third kappa shape index (κ3) is 3.01. The minimum atomic E-state index is -1.14. The fraction of sp³-hybridized carbons (Fsp3) is 0.167. The number of aromatic amines is 2. The van der Waals surface area contributed by atoms with Gasteiger partial charge in [0.2, 0.25) is 0 Å². The summed E-state index contributed by atoms with van der Waals surface area (Å²) in [5, 5.41) is 18.6. The monoisotopic (exact) mass is 474 g/mol. The van der Waals surface area contributed by atoms with Gasteiger partial charge in [0.25, 0.3) is 5.56 Å². The zero-order chi connectivity index (χ0) is 23.6. The second-order valence-corrected chi connectivity index (χ2v) is 8.82. The molecule has 0 amide bonds. The highest BCUT2D eigenvalue weighted by molar-refractivity contribution is 6.30. The summed E-state index contributed by atoms with van der Waals surface area (Å²) in [4.78, 5) is 32.3. The van der Waals surface area contributed by atoms with E-state index in [4.69, 9.17) is 17.3 Å². The lowest BCUT2D eigenvalue weighted by molar-refractivity contribution is 0.0687. The maximum absolute atomic E-state index is 12.7. The van der Waals surface area contributed by atoms with Crippen molar-refractivity contribution in [3.05, 3.63) is 74.4 Å². The lowest BCUT2D eigenvalue weighted by Crippen LogP contribution is -2.14. The van der Waals surface area contributed by atoms with Crippen molar-refractivity contribution in [2.75, 3.05) is 5.73 Å². The van der Waals surface area contributed by atoms with Crippen LogP contribution in [0.3, 0.4) is 0 Å². The van der Waals surface area contributed by atoms with Crippen LogP contribution in [-0.4, -0.2) is 35.8 Å². The molecule has 5 aromatic rings. The number of halogens is 1. The number of hydrogen-bond acceptors (Lipinski definition) is 5. The first-order chi connectivity index (χ1) is 16.4. The summed E-state index contributed by atoms with van der Waals surface area (Å²) in [6.07, 6.45) is 4.43. The minimum absolute atomic E-state index is 0.0201. The number of aromatic carboxylic acids is 1. The van der Waals surface area contributed by atoms with Crippen LogP contribution in [0.2, 0.25) is 5.15 Å². The maximum Gasteiger partial charge on any atom is 0.353 e. The number of pyridine rings is 2. The van der Waals surface area contributed by atoms with Gasteiger partial charge in [-0.3, -0.25) is 9.89 Å². The number of fused-ring (bicyclic) bond motifs is 3. The van der Waals surface area contributed by atoms with Gasteiger partial charge in [-0.2, -0.15) is 5.10 Å². The molecule has 1 aliphatic carbocycles. The number of nitrogens with two attached hydrogens (primary N) is 1. The van der Waals surface area contributed by atoms with E-state index in [1.807, 2.05) is 12.1 Å². The molecule has 6 rings (SSSR count). The Hall–Kier alpha value is -4.11. The molecule has 4 heterocycles. The fourth-order valence-corrected chi connectivity index (χ4v) is 5.15. The number of carboxylic acid groups (broad SMARTS) is 1. The largest absolute Gasteiger partial charge is 0.477 e. The molecule has 1 aromatic carbocycles. The summed E-state index contributed by atoms with van der Waals surface area (Å²) in [5.41, 5.74) is 10.4. The number of nitrogen functional groups attached to an aromatic ring is 1. The van der Waals surface area contributed by atoms with Gasteiger partial charge in [0, 0.05) is 33.8 Å². The molecule has 0 radical (unpaired) electrons. The number of nitrogens with zero attached hydrogens (tertiary/aromatic N) is 3. The van der Waals surface area contributed by atoms with Crippen molar-refractivity contribution >= 4 is 45.3 Å². The highest BCUT2D eigenvalue weighted by Gasteiger charge is 2.27. The van der Waals surface area contributed by atoms with Crippen molar-refractivity contribution in [1.29, 1.82) is 0 Å². The minimum Gasteiger partial charge on any atom is -0.477 e. The van der Waals surface area contributed by atoms with Gasteiger partial charge < -0.3 is 20.4 Å². The Morgan fingerprint density at radius 2 is 2.00 bits per heavy atom. The van der Waals surface area contributed by atoms with E-state index in [0.29, 0.717) is 33.5 Å². The first-order valence-corrected chi connectivity index (χ1v) is 11.2. The van der Waals surface area contributed by atoms with Crippen molar-refractivity contribution in [3.63, 3.8) is 0 Å². The van der Waals surface area contributed by atoms with Gasteiger partial charge in [-0.15, -0.1) is 0 Å². The van der Waals surface area contributed by atoms with E-state index in [9.17, 15) is 14.7 Å². The molecule has 9 nitrogen and oxygen atoms in total. The standard InChI is InChI=1S/C24H19ClN6O3/c25-20-13(8-16-21(26)29-30-22(16)28-20)10-31-17-9-12-4-1-3-11(12)7-15(17)18(19(31)24(33)34)14-5-2-6-27-23(14)32/h2,5-9H,1,3-4,10H2,(H,27,32)(H,33,34)(H3,26,28,29,30). The van der Waals surface area contributed by atoms with E-state index in [2.05, 4.69) is 20.2 Å². The van der Waals surface area contributed by atoms with Gasteiger partial charge in [-0.05, 0) is 60.7 Å². The average Bonchev–Trinajstić information content (AvgIpc) is 3.49. The van der Waals surface area contributed by atoms with Gasteiger partial charge in [0.15, 0.2) is 5.65 Å². The van der Waals surface area contributed by atoms with E-state index in [1.54, 1.807) is 22.8 Å². The number of aryl methyl sites for hydroxylation is 2. The van der Waals surface area contributed by atoms with Crippen LogP contribution >= 0.6 is 11.6 Å². The quantitative estimate of drug-likeness (QED) is 0.292. The van der Waals surface area contributed by atoms with E-state index in [0.717, 1.165) is 30.2 Å². The zero-order valence-corrected chi connectivity index (χ0v) is 18.6. The SMILES string of the molecule is Nc1[nH]nc2nc(Cl)c(Cn3c(C(=O)O)c(-c4ccc[nH]c4=O)c4cc5c(cc43)CCC5)cc12. The Morgan fingerprint density at radius 1 is 1.21 bits per heavy atom. The first kappa shape index (κ1) is 20.5. The highest BCUT2D eigenvalue weighted by Crippen LogP contribution is 2.38. The number of nitrogens with one attached hydrogen (secondary N) is 2. The fourth-order valence-electron chi connectivity index (χ4n) is 4.96. The summed E-state index contributed by atoms with van der Waals surface area (Å²) in [6, 6.07) is 9.17. The number of rotatable bonds is 4. The number of H-pyrrole nitrogens is 2. The number of carbonyl (C=O) groups is 1. The Labute approximate surface area is 197 Å². The van der Waals surface area contributed by atoms with Crippen LogP contribution in [0.4, 0.5) is 5.82 Å². The van der Waals surface area contributed by atoms with Crippen LogP contribution in [0, 0.1) is 0 Å². The molecule has 1 aliphatic rings. The predicted molar refractivity (Wildman–Crippen MR) is 129 cm³/mol. The highest BCUT2D eigenvalue weighted by atomic mass is 35.5. The summed E-state index contributed by atoms with van der Waals surface area (Å²) in [5.74, 6) is -0.784. The van der Waals surface area contributed by atoms with Crippen LogP contribution in [0.25, 0.3) is 33.1 Å². The molecule has 0 spiro atoms. The lowest BCUT2D eigenvalue weighted by Gasteiger charge is -2.11. The van der Waals surface area contributed by atoms with Gasteiger partial charge in [-0.25, -0.2) is 9.78 Å².